The average Bonchev–Trinajstić information content (AvgIpc) is 2.58. The summed E-state index contributed by atoms with van der Waals surface area (Å²) in [4.78, 5) is 11.6. The van der Waals surface area contributed by atoms with Gasteiger partial charge in [0.2, 0.25) is 0 Å². The van der Waals surface area contributed by atoms with E-state index < -0.39 is 15.8 Å². The van der Waals surface area contributed by atoms with Gasteiger partial charge in [-0.15, -0.1) is 11.8 Å². The van der Waals surface area contributed by atoms with E-state index in [-0.39, 0.29) is 22.3 Å². The third-order valence-corrected chi connectivity index (χ3v) is 5.82. The number of thioether (sulfide) groups is 1. The summed E-state index contributed by atoms with van der Waals surface area (Å²) in [5.74, 6) is -0.537. The van der Waals surface area contributed by atoms with Crippen LogP contribution in [0.1, 0.15) is 16.8 Å². The van der Waals surface area contributed by atoms with Crippen molar-refractivity contribution in [3.05, 3.63) is 29.8 Å². The summed E-state index contributed by atoms with van der Waals surface area (Å²) in [7, 11) is -2.88. The maximum atomic E-state index is 11.3. The fraction of sp³-hybridized carbons (Fsp3) is 0.364. The molecule has 1 aliphatic rings. The Morgan fingerprint density at radius 2 is 2.18 bits per heavy atom. The standard InChI is InChI=1S/C11H12O4S2/c12-11(13)8-2-1-3-9(6-8)16-10-4-5-17(14,15)7-10/h1-3,6,10H,4-5,7H2,(H,12,13). The van der Waals surface area contributed by atoms with Crippen LogP contribution < -0.4 is 0 Å². The Hall–Kier alpha value is -1.01. The minimum atomic E-state index is -2.88. The summed E-state index contributed by atoms with van der Waals surface area (Å²) in [5, 5.41) is 8.89. The molecule has 0 aromatic heterocycles. The lowest BCUT2D eigenvalue weighted by atomic mass is 10.2. The monoisotopic (exact) mass is 272 g/mol. The second kappa shape index (κ2) is 4.70. The molecule has 0 spiro atoms. The lowest BCUT2D eigenvalue weighted by molar-refractivity contribution is 0.0696. The lowest BCUT2D eigenvalue weighted by Gasteiger charge is -2.07. The van der Waals surface area contributed by atoms with Gasteiger partial charge in [0.15, 0.2) is 9.84 Å². The van der Waals surface area contributed by atoms with Crippen molar-refractivity contribution in [2.24, 2.45) is 0 Å². The van der Waals surface area contributed by atoms with Gasteiger partial charge in [-0.1, -0.05) is 6.07 Å². The van der Waals surface area contributed by atoms with Crippen LogP contribution in [0.5, 0.6) is 0 Å². The first kappa shape index (κ1) is 12.4. The molecule has 1 unspecified atom stereocenters. The number of carboxylic acid groups (broad SMARTS) is 1. The average molecular weight is 272 g/mol. The van der Waals surface area contributed by atoms with Gasteiger partial charge in [0.05, 0.1) is 17.1 Å². The maximum absolute atomic E-state index is 11.3. The van der Waals surface area contributed by atoms with Crippen molar-refractivity contribution < 1.29 is 18.3 Å². The van der Waals surface area contributed by atoms with Gasteiger partial charge < -0.3 is 5.11 Å². The summed E-state index contributed by atoms with van der Waals surface area (Å²) in [6, 6.07) is 6.59. The lowest BCUT2D eigenvalue weighted by Crippen LogP contribution is -2.06. The van der Waals surface area contributed by atoms with Crippen molar-refractivity contribution >= 4 is 27.6 Å². The predicted molar refractivity (Wildman–Crippen MR) is 66.3 cm³/mol. The molecule has 1 aromatic carbocycles. The van der Waals surface area contributed by atoms with E-state index in [2.05, 4.69) is 0 Å². The Labute approximate surface area is 104 Å². The van der Waals surface area contributed by atoms with Crippen LogP contribution in [0, 0.1) is 0 Å². The van der Waals surface area contributed by atoms with Crippen molar-refractivity contribution in [1.82, 2.24) is 0 Å². The molecule has 4 nitrogen and oxygen atoms in total. The molecule has 1 aliphatic heterocycles. The van der Waals surface area contributed by atoms with Crippen molar-refractivity contribution in [2.75, 3.05) is 11.5 Å². The molecule has 0 radical (unpaired) electrons. The van der Waals surface area contributed by atoms with Gasteiger partial charge in [-0.05, 0) is 24.6 Å². The molecule has 0 saturated carbocycles. The minimum absolute atomic E-state index is 0.0454. The molecule has 1 N–H and O–H groups in total. The minimum Gasteiger partial charge on any atom is -0.478 e. The van der Waals surface area contributed by atoms with Crippen LogP contribution in [0.15, 0.2) is 29.2 Å². The van der Waals surface area contributed by atoms with Crippen LogP contribution >= 0.6 is 11.8 Å². The first-order valence-corrected chi connectivity index (χ1v) is 7.87. The van der Waals surface area contributed by atoms with Crippen molar-refractivity contribution in [1.29, 1.82) is 0 Å². The van der Waals surface area contributed by atoms with Crippen LogP contribution in [-0.4, -0.2) is 36.2 Å². The Balaban J connectivity index is 2.09. The van der Waals surface area contributed by atoms with E-state index in [4.69, 9.17) is 5.11 Å². The SMILES string of the molecule is O=C(O)c1cccc(SC2CCS(=O)(=O)C2)c1. The third kappa shape index (κ3) is 3.23. The molecular formula is C11H12O4S2. The maximum Gasteiger partial charge on any atom is 0.335 e. The van der Waals surface area contributed by atoms with Crippen LogP contribution in [-0.2, 0) is 9.84 Å². The fourth-order valence-corrected chi connectivity index (χ4v) is 5.31. The molecule has 0 amide bonds. The van der Waals surface area contributed by atoms with E-state index in [0.717, 1.165) is 4.90 Å². The summed E-state index contributed by atoms with van der Waals surface area (Å²) in [6.07, 6.45) is 0.643. The molecule has 92 valence electrons. The molecule has 1 fully saturated rings. The van der Waals surface area contributed by atoms with Gasteiger partial charge in [0, 0.05) is 10.1 Å². The Morgan fingerprint density at radius 1 is 1.41 bits per heavy atom. The number of carbonyl (C=O) groups is 1. The number of aromatic carboxylic acids is 1. The third-order valence-electron chi connectivity index (χ3n) is 2.57. The second-order valence-electron chi connectivity index (χ2n) is 3.98. The normalized spacial score (nSPS) is 22.5. The van der Waals surface area contributed by atoms with Crippen LogP contribution in [0.25, 0.3) is 0 Å². The highest BCUT2D eigenvalue weighted by Gasteiger charge is 2.28. The highest BCUT2D eigenvalue weighted by Crippen LogP contribution is 2.31. The number of benzene rings is 1. The van der Waals surface area contributed by atoms with E-state index in [1.54, 1.807) is 12.1 Å². The highest BCUT2D eigenvalue weighted by atomic mass is 32.2. The van der Waals surface area contributed by atoms with E-state index in [1.807, 2.05) is 6.07 Å². The molecule has 1 saturated heterocycles. The Morgan fingerprint density at radius 3 is 2.76 bits per heavy atom. The quantitative estimate of drug-likeness (QED) is 0.906. The first-order valence-electron chi connectivity index (χ1n) is 5.17. The smallest absolute Gasteiger partial charge is 0.335 e. The van der Waals surface area contributed by atoms with Gasteiger partial charge >= 0.3 is 5.97 Å². The van der Waals surface area contributed by atoms with Gasteiger partial charge in [-0.3, -0.25) is 0 Å². The molecule has 0 bridgehead atoms. The Bertz CT molecular complexity index is 536. The molecular weight excluding hydrogens is 260 g/mol. The summed E-state index contributed by atoms with van der Waals surface area (Å²) in [5.41, 5.74) is 0.232. The number of rotatable bonds is 3. The van der Waals surface area contributed by atoms with E-state index in [0.29, 0.717) is 6.42 Å². The van der Waals surface area contributed by atoms with Crippen LogP contribution in [0.3, 0.4) is 0 Å². The fourth-order valence-electron chi connectivity index (χ4n) is 1.75. The second-order valence-corrected chi connectivity index (χ2v) is 7.58. The van der Waals surface area contributed by atoms with E-state index in [9.17, 15) is 13.2 Å². The molecule has 0 aliphatic carbocycles. The van der Waals surface area contributed by atoms with Crippen LogP contribution in [0.4, 0.5) is 0 Å². The molecule has 1 aromatic rings. The molecule has 17 heavy (non-hydrogen) atoms. The number of hydrogen-bond acceptors (Lipinski definition) is 4. The van der Waals surface area contributed by atoms with E-state index >= 15 is 0 Å². The van der Waals surface area contributed by atoms with Gasteiger partial charge in [-0.2, -0.15) is 0 Å². The summed E-state index contributed by atoms with van der Waals surface area (Å²) in [6.45, 7) is 0. The zero-order valence-electron chi connectivity index (χ0n) is 9.00. The molecule has 6 heteroatoms. The molecule has 2 rings (SSSR count). The number of sulfone groups is 1. The first-order chi connectivity index (χ1) is 7.96. The largest absolute Gasteiger partial charge is 0.478 e. The predicted octanol–water partition coefficient (Wildman–Crippen LogP) is 1.66. The van der Waals surface area contributed by atoms with Gasteiger partial charge in [0.25, 0.3) is 0 Å². The Kier molecular flexibility index (Phi) is 3.44. The summed E-state index contributed by atoms with van der Waals surface area (Å²) >= 11 is 1.44. The molecule has 1 atom stereocenters. The number of carboxylic acids is 1. The number of hydrogen-bond donors (Lipinski definition) is 1. The van der Waals surface area contributed by atoms with Gasteiger partial charge in [0.1, 0.15) is 0 Å². The van der Waals surface area contributed by atoms with Crippen molar-refractivity contribution in [3.8, 4) is 0 Å². The molecule has 1 heterocycles. The topological polar surface area (TPSA) is 71.4 Å². The van der Waals surface area contributed by atoms with Crippen molar-refractivity contribution in [2.45, 2.75) is 16.6 Å². The highest BCUT2D eigenvalue weighted by molar-refractivity contribution is 8.01. The van der Waals surface area contributed by atoms with Gasteiger partial charge in [-0.25, -0.2) is 13.2 Å². The zero-order chi connectivity index (χ0) is 12.5. The van der Waals surface area contributed by atoms with Crippen molar-refractivity contribution in [3.63, 3.8) is 0 Å². The van der Waals surface area contributed by atoms with Crippen LogP contribution in [0.2, 0.25) is 0 Å². The zero-order valence-corrected chi connectivity index (χ0v) is 10.6. The van der Waals surface area contributed by atoms with E-state index in [1.165, 1.54) is 17.8 Å². The summed E-state index contributed by atoms with van der Waals surface area (Å²) < 4.78 is 22.6.